The number of anilines is 1. The number of guanidine groups is 1. The van der Waals surface area contributed by atoms with E-state index in [1.807, 2.05) is 36.4 Å². The maximum atomic E-state index is 5.95. The van der Waals surface area contributed by atoms with E-state index in [1.165, 1.54) is 11.1 Å². The summed E-state index contributed by atoms with van der Waals surface area (Å²) in [5, 5.41) is 3.87. The van der Waals surface area contributed by atoms with Crippen LogP contribution in [0.5, 0.6) is 0 Å². The van der Waals surface area contributed by atoms with Crippen LogP contribution in [0.25, 0.3) is 0 Å². The molecule has 0 saturated heterocycles. The van der Waals surface area contributed by atoms with Crippen LogP contribution in [0, 0.1) is 13.8 Å². The van der Waals surface area contributed by atoms with Gasteiger partial charge in [0.05, 0.1) is 0 Å². The van der Waals surface area contributed by atoms with Crippen molar-refractivity contribution in [2.75, 3.05) is 11.9 Å². The van der Waals surface area contributed by atoms with Gasteiger partial charge in [-0.2, -0.15) is 0 Å². The van der Waals surface area contributed by atoms with Gasteiger partial charge in [0.25, 0.3) is 0 Å². The highest BCUT2D eigenvalue weighted by molar-refractivity contribution is 14.0. The number of nitrogens with two attached hydrogens (primary N) is 1. The number of aryl methyl sites for hydroxylation is 2. The van der Waals surface area contributed by atoms with Gasteiger partial charge in [0.15, 0.2) is 5.96 Å². The number of nitrogens with one attached hydrogen (secondary N) is 1. The lowest BCUT2D eigenvalue weighted by Crippen LogP contribution is -2.23. The lowest BCUT2D eigenvalue weighted by atomic mass is 10.1. The minimum absolute atomic E-state index is 0. The van der Waals surface area contributed by atoms with Crippen LogP contribution in [0.1, 0.15) is 16.7 Å². The molecule has 0 heterocycles. The summed E-state index contributed by atoms with van der Waals surface area (Å²) in [6, 6.07) is 14.0. The topological polar surface area (TPSA) is 50.4 Å². The first-order valence-corrected chi connectivity index (χ1v) is 7.30. The quantitative estimate of drug-likeness (QED) is 0.426. The van der Waals surface area contributed by atoms with Gasteiger partial charge in [-0.05, 0) is 61.2 Å². The zero-order valence-electron chi connectivity index (χ0n) is 12.8. The van der Waals surface area contributed by atoms with Crippen molar-refractivity contribution in [3.05, 3.63) is 64.2 Å². The van der Waals surface area contributed by atoms with Crippen LogP contribution in [-0.4, -0.2) is 12.5 Å². The first-order valence-electron chi connectivity index (χ1n) is 6.92. The molecule has 5 heteroatoms. The summed E-state index contributed by atoms with van der Waals surface area (Å²) in [5.74, 6) is 0.432. The van der Waals surface area contributed by atoms with Crippen LogP contribution >= 0.6 is 35.6 Å². The average molecular weight is 430 g/mol. The Morgan fingerprint density at radius 2 is 1.82 bits per heavy atom. The first-order chi connectivity index (χ1) is 10.0. The van der Waals surface area contributed by atoms with E-state index in [0.717, 1.165) is 22.7 Å². The van der Waals surface area contributed by atoms with Crippen molar-refractivity contribution < 1.29 is 0 Å². The molecule has 0 aliphatic carbocycles. The van der Waals surface area contributed by atoms with E-state index in [-0.39, 0.29) is 24.0 Å². The van der Waals surface area contributed by atoms with Gasteiger partial charge in [-0.1, -0.05) is 29.8 Å². The molecule has 22 heavy (non-hydrogen) atoms. The normalized spacial score (nSPS) is 11.0. The van der Waals surface area contributed by atoms with Crippen LogP contribution < -0.4 is 11.1 Å². The minimum Gasteiger partial charge on any atom is -0.370 e. The maximum Gasteiger partial charge on any atom is 0.193 e. The van der Waals surface area contributed by atoms with Crippen molar-refractivity contribution in [3.63, 3.8) is 0 Å². The molecule has 0 bridgehead atoms. The van der Waals surface area contributed by atoms with Gasteiger partial charge in [-0.3, -0.25) is 4.99 Å². The number of hydrogen-bond donors (Lipinski definition) is 2. The van der Waals surface area contributed by atoms with Gasteiger partial charge in [-0.25, -0.2) is 0 Å². The smallest absolute Gasteiger partial charge is 0.193 e. The second kappa shape index (κ2) is 9.00. The molecule has 0 saturated carbocycles. The molecule has 3 N–H and O–H groups in total. The molecule has 118 valence electrons. The van der Waals surface area contributed by atoms with Crippen LogP contribution in [0.2, 0.25) is 5.02 Å². The molecular formula is C17H21ClIN3. The molecule has 0 unspecified atom stereocenters. The lowest BCUT2D eigenvalue weighted by Gasteiger charge is -2.08. The first kappa shape index (κ1) is 18.8. The second-order valence-corrected chi connectivity index (χ2v) is 5.58. The third-order valence-corrected chi connectivity index (χ3v) is 3.30. The Bertz CT molecular complexity index is 636. The van der Waals surface area contributed by atoms with E-state index in [2.05, 4.69) is 30.2 Å². The number of hydrogen-bond acceptors (Lipinski definition) is 1. The standard InChI is InChI=1S/C17H20ClN3.HI/c1-12-8-13(2)10-16(9-12)21-17(19)20-7-6-14-4-3-5-15(18)11-14;/h3-5,8-11H,6-7H2,1-2H3,(H3,19,20,21);1H. The molecule has 0 fully saturated rings. The highest BCUT2D eigenvalue weighted by Crippen LogP contribution is 2.13. The minimum atomic E-state index is 0. The molecule has 2 rings (SSSR count). The van der Waals surface area contributed by atoms with Crippen molar-refractivity contribution >= 4 is 47.2 Å². The van der Waals surface area contributed by atoms with Crippen LogP contribution in [0.15, 0.2) is 47.5 Å². The Balaban J connectivity index is 0.00000242. The van der Waals surface area contributed by atoms with Crippen LogP contribution in [0.3, 0.4) is 0 Å². The summed E-state index contributed by atoms with van der Waals surface area (Å²) in [6.45, 7) is 4.75. The molecule has 0 radical (unpaired) electrons. The van der Waals surface area contributed by atoms with E-state index >= 15 is 0 Å². The molecule has 2 aromatic carbocycles. The van der Waals surface area contributed by atoms with E-state index in [1.54, 1.807) is 0 Å². The average Bonchev–Trinajstić information content (AvgIpc) is 2.37. The molecule has 0 aromatic heterocycles. The maximum absolute atomic E-state index is 5.95. The summed E-state index contributed by atoms with van der Waals surface area (Å²) in [4.78, 5) is 4.34. The Morgan fingerprint density at radius 3 is 2.45 bits per heavy atom. The molecule has 0 atom stereocenters. The van der Waals surface area contributed by atoms with Gasteiger partial charge >= 0.3 is 0 Å². The predicted molar refractivity (Wildman–Crippen MR) is 107 cm³/mol. The molecule has 3 nitrogen and oxygen atoms in total. The number of aliphatic imine (C=N–C) groups is 1. The number of benzene rings is 2. The van der Waals surface area contributed by atoms with Crippen molar-refractivity contribution in [1.29, 1.82) is 0 Å². The molecule has 0 aliphatic heterocycles. The fourth-order valence-electron chi connectivity index (χ4n) is 2.23. The van der Waals surface area contributed by atoms with Gasteiger partial charge in [0.1, 0.15) is 0 Å². The van der Waals surface area contributed by atoms with Crippen molar-refractivity contribution in [2.45, 2.75) is 20.3 Å². The van der Waals surface area contributed by atoms with E-state index in [0.29, 0.717) is 12.5 Å². The Hall–Kier alpha value is -1.27. The third kappa shape index (κ3) is 6.23. The zero-order valence-corrected chi connectivity index (χ0v) is 15.9. The Labute approximate surface area is 154 Å². The zero-order chi connectivity index (χ0) is 15.2. The molecule has 0 aliphatic rings. The van der Waals surface area contributed by atoms with Gasteiger partial charge < -0.3 is 11.1 Å². The second-order valence-electron chi connectivity index (χ2n) is 5.15. The van der Waals surface area contributed by atoms with Crippen molar-refractivity contribution in [1.82, 2.24) is 0 Å². The van der Waals surface area contributed by atoms with Crippen molar-refractivity contribution in [2.24, 2.45) is 10.7 Å². The summed E-state index contributed by atoms with van der Waals surface area (Å²) in [5.41, 5.74) is 10.4. The van der Waals surface area contributed by atoms with E-state index in [4.69, 9.17) is 17.3 Å². The number of rotatable bonds is 4. The van der Waals surface area contributed by atoms with Crippen LogP contribution in [0.4, 0.5) is 5.69 Å². The third-order valence-electron chi connectivity index (χ3n) is 3.07. The molecule has 2 aromatic rings. The monoisotopic (exact) mass is 429 g/mol. The van der Waals surface area contributed by atoms with Gasteiger partial charge in [-0.15, -0.1) is 24.0 Å². The summed E-state index contributed by atoms with van der Waals surface area (Å²) < 4.78 is 0. The Morgan fingerprint density at radius 1 is 1.14 bits per heavy atom. The summed E-state index contributed by atoms with van der Waals surface area (Å²) >= 11 is 5.95. The Kier molecular flexibility index (Phi) is 7.68. The molecule has 0 amide bonds. The SMILES string of the molecule is Cc1cc(C)cc(NC(N)=NCCc2cccc(Cl)c2)c1.I. The largest absolute Gasteiger partial charge is 0.370 e. The number of nitrogens with zero attached hydrogens (tertiary/aromatic N) is 1. The van der Waals surface area contributed by atoms with Crippen molar-refractivity contribution in [3.8, 4) is 0 Å². The summed E-state index contributed by atoms with van der Waals surface area (Å²) in [6.07, 6.45) is 0.815. The van der Waals surface area contributed by atoms with E-state index in [9.17, 15) is 0 Å². The molecule has 0 spiro atoms. The lowest BCUT2D eigenvalue weighted by molar-refractivity contribution is 0.965. The fraction of sp³-hybridized carbons (Fsp3) is 0.235. The van der Waals surface area contributed by atoms with Crippen LogP contribution in [-0.2, 0) is 6.42 Å². The molecular weight excluding hydrogens is 409 g/mol. The van der Waals surface area contributed by atoms with Gasteiger partial charge in [0, 0.05) is 17.3 Å². The summed E-state index contributed by atoms with van der Waals surface area (Å²) in [7, 11) is 0. The highest BCUT2D eigenvalue weighted by atomic mass is 127. The predicted octanol–water partition coefficient (Wildman–Crippen LogP) is 4.54. The number of halogens is 2. The van der Waals surface area contributed by atoms with E-state index < -0.39 is 0 Å². The van der Waals surface area contributed by atoms with Gasteiger partial charge in [0.2, 0.25) is 0 Å². The highest BCUT2D eigenvalue weighted by Gasteiger charge is 1.98. The fourth-order valence-corrected chi connectivity index (χ4v) is 2.45.